The van der Waals surface area contributed by atoms with Gasteiger partial charge in [-0.05, 0) is 42.8 Å². The van der Waals surface area contributed by atoms with E-state index in [-0.39, 0.29) is 5.57 Å². The summed E-state index contributed by atoms with van der Waals surface area (Å²) in [4.78, 5) is 12.1. The highest BCUT2D eigenvalue weighted by molar-refractivity contribution is 6.31. The molecule has 0 bridgehead atoms. The summed E-state index contributed by atoms with van der Waals surface area (Å²) in [5.41, 5.74) is 2.40. The lowest BCUT2D eigenvalue weighted by atomic mass is 10.2. The summed E-state index contributed by atoms with van der Waals surface area (Å²) >= 11 is 5.85. The largest absolute Gasteiger partial charge is 0.360 e. The number of hydrogen-bond acceptors (Lipinski definition) is 3. The van der Waals surface area contributed by atoms with E-state index < -0.39 is 5.91 Å². The second kappa shape index (κ2) is 7.30. The highest BCUT2D eigenvalue weighted by Gasteiger charge is 2.09. The molecule has 0 aliphatic heterocycles. The molecule has 0 unspecified atom stereocenters. The van der Waals surface area contributed by atoms with Crippen molar-refractivity contribution in [1.29, 1.82) is 5.26 Å². The van der Waals surface area contributed by atoms with Crippen LogP contribution < -0.4 is 10.6 Å². The fraction of sp³-hybridized carbons (Fsp3) is 0.0588. The van der Waals surface area contributed by atoms with Crippen molar-refractivity contribution in [3.63, 3.8) is 0 Å². The maximum atomic E-state index is 12.1. The quantitative estimate of drug-likeness (QED) is 0.660. The topological polar surface area (TPSA) is 64.9 Å². The van der Waals surface area contributed by atoms with E-state index in [4.69, 9.17) is 16.9 Å². The molecule has 2 N–H and O–H groups in total. The first kappa shape index (κ1) is 15.6. The zero-order valence-electron chi connectivity index (χ0n) is 11.9. The minimum Gasteiger partial charge on any atom is -0.360 e. The molecule has 0 fully saturated rings. The van der Waals surface area contributed by atoms with E-state index >= 15 is 0 Å². The molecule has 0 aliphatic rings. The van der Waals surface area contributed by atoms with E-state index in [1.807, 2.05) is 37.3 Å². The third kappa shape index (κ3) is 4.37. The van der Waals surface area contributed by atoms with E-state index in [0.717, 1.165) is 11.3 Å². The van der Waals surface area contributed by atoms with E-state index in [2.05, 4.69) is 10.6 Å². The molecule has 0 radical (unpaired) electrons. The van der Waals surface area contributed by atoms with Crippen molar-refractivity contribution in [3.05, 3.63) is 70.9 Å². The summed E-state index contributed by atoms with van der Waals surface area (Å²) in [5.74, 6) is -0.495. The van der Waals surface area contributed by atoms with Gasteiger partial charge >= 0.3 is 0 Å². The van der Waals surface area contributed by atoms with E-state index in [9.17, 15) is 4.79 Å². The SMILES string of the molecule is Cc1cccc(N/C=C(/C#N)C(=O)Nc2cccc(Cl)c2)c1. The van der Waals surface area contributed by atoms with Crippen LogP contribution in [0.15, 0.2) is 60.3 Å². The molecule has 0 aromatic heterocycles. The number of rotatable bonds is 4. The molecule has 110 valence electrons. The Morgan fingerprint density at radius 1 is 1.18 bits per heavy atom. The highest BCUT2D eigenvalue weighted by atomic mass is 35.5. The third-order valence-electron chi connectivity index (χ3n) is 2.85. The predicted molar refractivity (Wildman–Crippen MR) is 88.6 cm³/mol. The number of hydrogen-bond donors (Lipinski definition) is 2. The van der Waals surface area contributed by atoms with Crippen LogP contribution >= 0.6 is 11.6 Å². The molecule has 22 heavy (non-hydrogen) atoms. The molecule has 0 saturated carbocycles. The minimum atomic E-state index is -0.495. The fourth-order valence-electron chi connectivity index (χ4n) is 1.80. The van der Waals surface area contributed by atoms with Gasteiger partial charge in [0.25, 0.3) is 5.91 Å². The fourth-order valence-corrected chi connectivity index (χ4v) is 1.99. The van der Waals surface area contributed by atoms with Crippen LogP contribution in [0.5, 0.6) is 0 Å². The average molecular weight is 312 g/mol. The number of nitrogens with one attached hydrogen (secondary N) is 2. The van der Waals surface area contributed by atoms with Gasteiger partial charge in [-0.3, -0.25) is 4.79 Å². The lowest BCUT2D eigenvalue weighted by Gasteiger charge is -2.06. The molecule has 0 aliphatic carbocycles. The molecule has 0 heterocycles. The number of nitriles is 1. The van der Waals surface area contributed by atoms with Gasteiger partial charge in [0.05, 0.1) is 0 Å². The summed E-state index contributed by atoms with van der Waals surface area (Å²) in [6.07, 6.45) is 1.38. The molecule has 5 heteroatoms. The Bertz CT molecular complexity index is 762. The number of amides is 1. The van der Waals surface area contributed by atoms with Gasteiger partial charge in [-0.1, -0.05) is 29.8 Å². The van der Waals surface area contributed by atoms with Gasteiger partial charge in [-0.15, -0.1) is 0 Å². The molecule has 0 spiro atoms. The van der Waals surface area contributed by atoms with Gasteiger partial charge in [0.1, 0.15) is 11.6 Å². The second-order valence-corrected chi connectivity index (χ2v) is 5.08. The number of carbonyl (C=O) groups is 1. The predicted octanol–water partition coefficient (Wildman–Crippen LogP) is 4.11. The molecule has 0 atom stereocenters. The van der Waals surface area contributed by atoms with Crippen LogP contribution in [0.4, 0.5) is 11.4 Å². The maximum absolute atomic E-state index is 12.1. The van der Waals surface area contributed by atoms with Crippen LogP contribution in [0, 0.1) is 18.3 Å². The molecule has 4 nitrogen and oxygen atoms in total. The van der Waals surface area contributed by atoms with Crippen LogP contribution in [0.3, 0.4) is 0 Å². The van der Waals surface area contributed by atoms with Gasteiger partial charge in [0, 0.05) is 22.6 Å². The molecule has 0 saturated heterocycles. The van der Waals surface area contributed by atoms with E-state index in [1.54, 1.807) is 24.3 Å². The van der Waals surface area contributed by atoms with E-state index in [0.29, 0.717) is 10.7 Å². The number of halogens is 1. The number of aryl methyl sites for hydroxylation is 1. The van der Waals surface area contributed by atoms with Crippen molar-refractivity contribution in [2.75, 3.05) is 10.6 Å². The van der Waals surface area contributed by atoms with Gasteiger partial charge in [-0.2, -0.15) is 5.26 Å². The van der Waals surface area contributed by atoms with E-state index in [1.165, 1.54) is 6.20 Å². The second-order valence-electron chi connectivity index (χ2n) is 4.65. The van der Waals surface area contributed by atoms with Gasteiger partial charge in [0.15, 0.2) is 0 Å². The first-order valence-electron chi connectivity index (χ1n) is 6.59. The van der Waals surface area contributed by atoms with Crippen LogP contribution in [-0.2, 0) is 4.79 Å². The Labute approximate surface area is 134 Å². The van der Waals surface area contributed by atoms with Crippen molar-refractivity contribution in [2.24, 2.45) is 0 Å². The van der Waals surface area contributed by atoms with Crippen LogP contribution in [0.25, 0.3) is 0 Å². The van der Waals surface area contributed by atoms with Gasteiger partial charge < -0.3 is 10.6 Å². The Hall–Kier alpha value is -2.77. The summed E-state index contributed by atoms with van der Waals surface area (Å²) in [6.45, 7) is 1.96. The summed E-state index contributed by atoms with van der Waals surface area (Å²) in [6, 6.07) is 16.2. The van der Waals surface area contributed by atoms with Crippen LogP contribution in [0.1, 0.15) is 5.56 Å². The molecule has 2 aromatic carbocycles. The molecule has 2 aromatic rings. The van der Waals surface area contributed by atoms with Crippen molar-refractivity contribution < 1.29 is 4.79 Å². The van der Waals surface area contributed by atoms with Crippen molar-refractivity contribution in [1.82, 2.24) is 0 Å². The first-order valence-corrected chi connectivity index (χ1v) is 6.96. The Morgan fingerprint density at radius 3 is 2.59 bits per heavy atom. The summed E-state index contributed by atoms with van der Waals surface area (Å²) in [7, 11) is 0. The minimum absolute atomic E-state index is 0.0264. The Kier molecular flexibility index (Phi) is 5.18. The Balaban J connectivity index is 2.09. The number of anilines is 2. The normalized spacial score (nSPS) is 10.7. The zero-order valence-corrected chi connectivity index (χ0v) is 12.7. The molecule has 1 amide bonds. The first-order chi connectivity index (χ1) is 10.6. The number of carbonyl (C=O) groups excluding carboxylic acids is 1. The molecular weight excluding hydrogens is 298 g/mol. The van der Waals surface area contributed by atoms with Crippen LogP contribution in [0.2, 0.25) is 5.02 Å². The Morgan fingerprint density at radius 2 is 1.91 bits per heavy atom. The summed E-state index contributed by atoms with van der Waals surface area (Å²) < 4.78 is 0. The van der Waals surface area contributed by atoms with Crippen LogP contribution in [-0.4, -0.2) is 5.91 Å². The standard InChI is InChI=1S/C17H14ClN3O/c1-12-4-2-6-15(8-12)20-11-13(10-19)17(22)21-16-7-3-5-14(18)9-16/h2-9,11,20H,1H3,(H,21,22)/b13-11-. The van der Waals surface area contributed by atoms with Crippen molar-refractivity contribution in [2.45, 2.75) is 6.92 Å². The smallest absolute Gasteiger partial charge is 0.267 e. The molecule has 2 rings (SSSR count). The number of benzene rings is 2. The lowest BCUT2D eigenvalue weighted by molar-refractivity contribution is -0.112. The summed E-state index contributed by atoms with van der Waals surface area (Å²) in [5, 5.41) is 15.2. The van der Waals surface area contributed by atoms with Gasteiger partial charge in [0.2, 0.25) is 0 Å². The highest BCUT2D eigenvalue weighted by Crippen LogP contribution is 2.16. The van der Waals surface area contributed by atoms with Gasteiger partial charge in [-0.25, -0.2) is 0 Å². The lowest BCUT2D eigenvalue weighted by Crippen LogP contribution is -2.14. The maximum Gasteiger partial charge on any atom is 0.267 e. The monoisotopic (exact) mass is 311 g/mol. The zero-order chi connectivity index (χ0) is 15.9. The average Bonchev–Trinajstić information content (AvgIpc) is 2.48. The molecular formula is C17H14ClN3O. The van der Waals surface area contributed by atoms with Crippen molar-refractivity contribution >= 4 is 28.9 Å². The van der Waals surface area contributed by atoms with Crippen molar-refractivity contribution in [3.8, 4) is 6.07 Å². The third-order valence-corrected chi connectivity index (χ3v) is 3.08. The number of nitrogens with zero attached hydrogens (tertiary/aromatic N) is 1.